The third-order valence-corrected chi connectivity index (χ3v) is 13.5. The summed E-state index contributed by atoms with van der Waals surface area (Å²) in [5.41, 5.74) is 2.54. The Balaban J connectivity index is 1.18. The lowest BCUT2D eigenvalue weighted by molar-refractivity contribution is -0.153. The molecule has 0 amide bonds. The summed E-state index contributed by atoms with van der Waals surface area (Å²) < 4.78 is 6.18. The Labute approximate surface area is 241 Å². The van der Waals surface area contributed by atoms with Crippen molar-refractivity contribution in [3.63, 3.8) is 0 Å². The van der Waals surface area contributed by atoms with Crippen molar-refractivity contribution in [1.82, 2.24) is 0 Å². The minimum absolute atomic E-state index is 0.0731. The van der Waals surface area contributed by atoms with Crippen molar-refractivity contribution in [2.24, 2.45) is 58.2 Å². The highest BCUT2D eigenvalue weighted by Gasteiger charge is 2.59. The third kappa shape index (κ3) is 6.07. The Hall–Kier alpha value is -0.790. The molecule has 0 saturated heterocycles. The van der Waals surface area contributed by atoms with Gasteiger partial charge in [-0.3, -0.25) is 4.79 Å². The molecule has 0 aromatic carbocycles. The molecule has 0 aliphatic heterocycles. The molecule has 5 aliphatic rings. The zero-order chi connectivity index (χ0) is 27.8. The van der Waals surface area contributed by atoms with E-state index < -0.39 is 0 Å². The van der Waals surface area contributed by atoms with Crippen LogP contribution in [0.4, 0.5) is 0 Å². The van der Waals surface area contributed by atoms with Crippen LogP contribution in [0, 0.1) is 58.2 Å². The van der Waals surface area contributed by atoms with Crippen molar-refractivity contribution in [3.05, 3.63) is 11.6 Å². The van der Waals surface area contributed by atoms with E-state index in [1.54, 1.807) is 5.57 Å². The molecule has 0 radical (unpaired) electrons. The van der Waals surface area contributed by atoms with Gasteiger partial charge in [0.25, 0.3) is 0 Å². The summed E-state index contributed by atoms with van der Waals surface area (Å²) in [6.07, 6.45) is 24.7. The molecule has 39 heavy (non-hydrogen) atoms. The van der Waals surface area contributed by atoms with Crippen LogP contribution in [0.15, 0.2) is 11.6 Å². The van der Waals surface area contributed by atoms with Crippen molar-refractivity contribution in [2.75, 3.05) is 0 Å². The number of ether oxygens (including phenoxy) is 1. The van der Waals surface area contributed by atoms with Crippen LogP contribution in [0.5, 0.6) is 0 Å². The maximum absolute atomic E-state index is 12.9. The van der Waals surface area contributed by atoms with Crippen LogP contribution in [0.3, 0.4) is 0 Å². The van der Waals surface area contributed by atoms with Gasteiger partial charge in [-0.05, 0) is 103 Å². The van der Waals surface area contributed by atoms with Crippen LogP contribution >= 0.6 is 0 Å². The summed E-state index contributed by atoms with van der Waals surface area (Å²) in [5.74, 6) is 6.57. The normalized spacial score (nSPS) is 40.3. The molecule has 0 spiro atoms. The van der Waals surface area contributed by atoms with E-state index >= 15 is 0 Å². The molecule has 0 heterocycles. The van der Waals surface area contributed by atoms with Crippen LogP contribution in [0.2, 0.25) is 0 Å². The third-order valence-electron chi connectivity index (χ3n) is 13.5. The Kier molecular flexibility index (Phi) is 9.30. The number of hydrogen-bond donors (Lipinski definition) is 0. The van der Waals surface area contributed by atoms with Crippen LogP contribution in [-0.4, -0.2) is 12.1 Å². The predicted molar refractivity (Wildman–Crippen MR) is 163 cm³/mol. The van der Waals surface area contributed by atoms with Gasteiger partial charge in [0.2, 0.25) is 0 Å². The zero-order valence-electron chi connectivity index (χ0n) is 26.6. The standard InChI is InChI=1S/C37H62O2/c1-25(2)11-10-12-26(3)32-17-18-33-31-16-15-29-24-30(19-21-36(29,5)34(31)20-22-37(32,33)6)39-35(38)23-27(4)28-13-8-7-9-14-28/h15,25-28,30-34H,7-14,16-24H2,1-6H3/t26-,27?,30+,31+,32-,33+,34+,36+,37-/m1/s1. The number of rotatable bonds is 9. The predicted octanol–water partition coefficient (Wildman–Crippen LogP) is 10.5. The number of carbonyl (C=O) groups is 1. The van der Waals surface area contributed by atoms with Gasteiger partial charge in [-0.1, -0.05) is 105 Å². The summed E-state index contributed by atoms with van der Waals surface area (Å²) in [6, 6.07) is 0. The van der Waals surface area contributed by atoms with E-state index in [1.165, 1.54) is 89.9 Å². The maximum atomic E-state index is 12.9. The molecule has 2 nitrogen and oxygen atoms in total. The molecule has 5 aliphatic carbocycles. The van der Waals surface area contributed by atoms with E-state index in [2.05, 4.69) is 47.6 Å². The smallest absolute Gasteiger partial charge is 0.306 e. The van der Waals surface area contributed by atoms with Gasteiger partial charge < -0.3 is 4.74 Å². The van der Waals surface area contributed by atoms with Gasteiger partial charge in [-0.15, -0.1) is 0 Å². The molecule has 0 N–H and O–H groups in total. The van der Waals surface area contributed by atoms with Gasteiger partial charge in [-0.25, -0.2) is 0 Å². The van der Waals surface area contributed by atoms with Crippen molar-refractivity contribution in [2.45, 2.75) is 157 Å². The van der Waals surface area contributed by atoms with Crippen molar-refractivity contribution in [1.29, 1.82) is 0 Å². The highest BCUT2D eigenvalue weighted by Crippen LogP contribution is 2.67. The summed E-state index contributed by atoms with van der Waals surface area (Å²) >= 11 is 0. The Morgan fingerprint density at radius 2 is 1.67 bits per heavy atom. The van der Waals surface area contributed by atoms with Crippen LogP contribution in [0.1, 0.15) is 151 Å². The van der Waals surface area contributed by atoms with Crippen LogP contribution < -0.4 is 0 Å². The van der Waals surface area contributed by atoms with E-state index in [-0.39, 0.29) is 12.1 Å². The molecule has 9 atom stereocenters. The monoisotopic (exact) mass is 538 g/mol. The summed E-state index contributed by atoms with van der Waals surface area (Å²) in [6.45, 7) is 14.9. The quantitative estimate of drug-likeness (QED) is 0.215. The SMILES string of the molecule is CC(C)CCC[C@@H](C)[C@H]1CC[C@H]2[C@@H]3CC=C4C[C@@H](OC(=O)CC(C)C5CCCCC5)CC[C@]4(C)[C@H]3CC[C@]12C. The van der Waals surface area contributed by atoms with Gasteiger partial charge in [-0.2, -0.15) is 0 Å². The first kappa shape index (κ1) is 29.7. The number of hydrogen-bond acceptors (Lipinski definition) is 2. The van der Waals surface area contributed by atoms with E-state index in [9.17, 15) is 4.79 Å². The average Bonchev–Trinajstić information content (AvgIpc) is 3.26. The highest BCUT2D eigenvalue weighted by molar-refractivity contribution is 5.70. The second-order valence-electron chi connectivity index (χ2n) is 16.2. The van der Waals surface area contributed by atoms with Gasteiger partial charge in [0, 0.05) is 12.8 Å². The van der Waals surface area contributed by atoms with Crippen molar-refractivity contribution < 1.29 is 9.53 Å². The largest absolute Gasteiger partial charge is 0.462 e. The molecule has 0 aromatic rings. The highest BCUT2D eigenvalue weighted by atomic mass is 16.5. The molecule has 5 rings (SSSR count). The first-order valence-corrected chi connectivity index (χ1v) is 17.5. The van der Waals surface area contributed by atoms with E-state index in [0.717, 1.165) is 54.3 Å². The fraction of sp³-hybridized carbons (Fsp3) is 0.919. The fourth-order valence-electron chi connectivity index (χ4n) is 11.1. The second-order valence-corrected chi connectivity index (χ2v) is 16.2. The summed E-state index contributed by atoms with van der Waals surface area (Å²) in [4.78, 5) is 12.9. The van der Waals surface area contributed by atoms with Crippen molar-refractivity contribution >= 4 is 5.97 Å². The van der Waals surface area contributed by atoms with E-state index in [1.807, 2.05) is 0 Å². The summed E-state index contributed by atoms with van der Waals surface area (Å²) in [5, 5.41) is 0. The second kappa shape index (κ2) is 12.2. The Bertz CT molecular complexity index is 867. The molecule has 0 bridgehead atoms. The fourth-order valence-corrected chi connectivity index (χ4v) is 11.1. The number of carbonyl (C=O) groups excluding carboxylic acids is 1. The molecule has 4 saturated carbocycles. The van der Waals surface area contributed by atoms with Gasteiger partial charge in [0.1, 0.15) is 6.10 Å². The molecule has 222 valence electrons. The Morgan fingerprint density at radius 1 is 0.897 bits per heavy atom. The average molecular weight is 539 g/mol. The molecular weight excluding hydrogens is 476 g/mol. The van der Waals surface area contributed by atoms with E-state index in [0.29, 0.717) is 23.2 Å². The molecule has 0 aromatic heterocycles. The van der Waals surface area contributed by atoms with Gasteiger partial charge in [0.05, 0.1) is 0 Å². The Morgan fingerprint density at radius 3 is 2.41 bits per heavy atom. The van der Waals surface area contributed by atoms with Crippen LogP contribution in [-0.2, 0) is 9.53 Å². The number of fused-ring (bicyclic) bond motifs is 5. The molecule has 1 unspecified atom stereocenters. The molecule has 2 heteroatoms. The topological polar surface area (TPSA) is 26.3 Å². The minimum Gasteiger partial charge on any atom is -0.462 e. The number of allylic oxidation sites excluding steroid dienone is 1. The molecule has 4 fully saturated rings. The molecular formula is C37H62O2. The maximum Gasteiger partial charge on any atom is 0.306 e. The lowest BCUT2D eigenvalue weighted by Gasteiger charge is -2.58. The summed E-state index contributed by atoms with van der Waals surface area (Å²) in [7, 11) is 0. The first-order chi connectivity index (χ1) is 18.6. The number of esters is 1. The first-order valence-electron chi connectivity index (χ1n) is 17.5. The zero-order valence-corrected chi connectivity index (χ0v) is 26.6. The van der Waals surface area contributed by atoms with Gasteiger partial charge >= 0.3 is 5.97 Å². The lowest BCUT2D eigenvalue weighted by Crippen LogP contribution is -2.51. The van der Waals surface area contributed by atoms with E-state index in [4.69, 9.17) is 4.74 Å². The van der Waals surface area contributed by atoms with Crippen molar-refractivity contribution in [3.8, 4) is 0 Å². The lowest BCUT2D eigenvalue weighted by atomic mass is 9.47. The van der Waals surface area contributed by atoms with Crippen LogP contribution in [0.25, 0.3) is 0 Å². The minimum atomic E-state index is 0.0731. The van der Waals surface area contributed by atoms with Gasteiger partial charge in [0.15, 0.2) is 0 Å².